The van der Waals surface area contributed by atoms with Gasteiger partial charge >= 0.3 is 0 Å². The summed E-state index contributed by atoms with van der Waals surface area (Å²) in [5.74, 6) is 1.77. The quantitative estimate of drug-likeness (QED) is 0.603. The molecule has 1 aliphatic rings. The molecule has 2 aromatic rings. The molecular weight excluding hydrogens is 398 g/mol. The van der Waals surface area contributed by atoms with Crippen LogP contribution in [0.5, 0.6) is 5.75 Å². The summed E-state index contributed by atoms with van der Waals surface area (Å²) in [5.41, 5.74) is 2.22. The van der Waals surface area contributed by atoms with Gasteiger partial charge in [0.15, 0.2) is 0 Å². The lowest BCUT2D eigenvalue weighted by Crippen LogP contribution is -2.41. The second kappa shape index (κ2) is 13.3. The number of carbonyl (C=O) groups is 1. The van der Waals surface area contributed by atoms with Gasteiger partial charge < -0.3 is 15.4 Å². The number of likely N-dealkylation sites (tertiary alicyclic amines) is 1. The van der Waals surface area contributed by atoms with Gasteiger partial charge in [0.2, 0.25) is 5.91 Å². The van der Waals surface area contributed by atoms with Crippen molar-refractivity contribution in [3.8, 4) is 5.75 Å². The number of hydrogen-bond donors (Lipinski definition) is 2. The molecule has 1 fully saturated rings. The van der Waals surface area contributed by atoms with E-state index in [0.717, 1.165) is 42.4 Å². The molecule has 1 saturated heterocycles. The molecule has 0 aliphatic carbocycles. The van der Waals surface area contributed by atoms with Gasteiger partial charge in [-0.15, -0.1) is 12.4 Å². The molecule has 0 aromatic heterocycles. The Hall–Kier alpha value is -2.08. The van der Waals surface area contributed by atoms with E-state index in [-0.39, 0.29) is 18.3 Å². The van der Waals surface area contributed by atoms with Crippen molar-refractivity contribution in [2.24, 2.45) is 5.92 Å². The molecule has 1 amide bonds. The normalized spacial score (nSPS) is 14.7. The van der Waals surface area contributed by atoms with Crippen molar-refractivity contribution in [2.45, 2.75) is 32.4 Å². The summed E-state index contributed by atoms with van der Waals surface area (Å²) < 4.78 is 5.77. The Labute approximate surface area is 186 Å². The van der Waals surface area contributed by atoms with Crippen molar-refractivity contribution in [2.75, 3.05) is 33.2 Å². The van der Waals surface area contributed by atoms with Crippen LogP contribution in [0.25, 0.3) is 0 Å². The minimum atomic E-state index is 0. The summed E-state index contributed by atoms with van der Waals surface area (Å²) in [7, 11) is 2.01. The number of nitrogens with one attached hydrogen (secondary N) is 2. The summed E-state index contributed by atoms with van der Waals surface area (Å²) in [6, 6.07) is 18.0. The van der Waals surface area contributed by atoms with Crippen LogP contribution in [0.4, 0.5) is 0 Å². The summed E-state index contributed by atoms with van der Waals surface area (Å²) in [6.07, 6.45) is 3.63. The Kier molecular flexibility index (Phi) is 10.7. The predicted molar refractivity (Wildman–Crippen MR) is 124 cm³/mol. The minimum Gasteiger partial charge on any atom is -0.489 e. The number of piperidine rings is 1. The van der Waals surface area contributed by atoms with Gasteiger partial charge in [-0.3, -0.25) is 9.69 Å². The predicted octanol–water partition coefficient (Wildman–Crippen LogP) is 3.63. The van der Waals surface area contributed by atoms with Crippen molar-refractivity contribution in [1.29, 1.82) is 0 Å². The van der Waals surface area contributed by atoms with Gasteiger partial charge in [-0.1, -0.05) is 42.5 Å². The van der Waals surface area contributed by atoms with Gasteiger partial charge in [0, 0.05) is 6.54 Å². The van der Waals surface area contributed by atoms with Crippen LogP contribution in [-0.2, 0) is 17.9 Å². The molecule has 0 bridgehead atoms. The largest absolute Gasteiger partial charge is 0.489 e. The molecule has 30 heavy (non-hydrogen) atoms. The zero-order chi connectivity index (χ0) is 20.3. The SMILES string of the molecule is CNCCC1CCN(CC(=O)NCc2ccc(COc3ccccc3)cc2)CC1.Cl. The van der Waals surface area contributed by atoms with E-state index in [1.165, 1.54) is 19.3 Å². The number of amides is 1. The van der Waals surface area contributed by atoms with E-state index in [1.807, 2.05) is 37.4 Å². The third kappa shape index (κ3) is 8.34. The maximum Gasteiger partial charge on any atom is 0.234 e. The standard InChI is InChI=1S/C24H33N3O2.ClH/c1-25-14-11-20-12-15-27(16-13-20)18-24(28)26-17-21-7-9-22(10-8-21)19-29-23-5-3-2-4-6-23;/h2-10,20,25H,11-19H2,1H3,(H,26,28);1H. The zero-order valence-corrected chi connectivity index (χ0v) is 18.6. The van der Waals surface area contributed by atoms with Crippen LogP contribution in [0.3, 0.4) is 0 Å². The van der Waals surface area contributed by atoms with Crippen LogP contribution >= 0.6 is 12.4 Å². The third-order valence-corrected chi connectivity index (χ3v) is 5.54. The fourth-order valence-electron chi connectivity index (χ4n) is 3.68. The highest BCUT2D eigenvalue weighted by Crippen LogP contribution is 2.19. The minimum absolute atomic E-state index is 0. The molecule has 1 heterocycles. The number of halogens is 1. The van der Waals surface area contributed by atoms with Crippen molar-refractivity contribution >= 4 is 18.3 Å². The summed E-state index contributed by atoms with van der Waals surface area (Å²) >= 11 is 0. The fraction of sp³-hybridized carbons (Fsp3) is 0.458. The average Bonchev–Trinajstić information content (AvgIpc) is 2.77. The van der Waals surface area contributed by atoms with E-state index < -0.39 is 0 Å². The lowest BCUT2D eigenvalue weighted by molar-refractivity contribution is -0.122. The van der Waals surface area contributed by atoms with E-state index in [1.54, 1.807) is 0 Å². The number of benzene rings is 2. The average molecular weight is 432 g/mol. The maximum atomic E-state index is 12.3. The van der Waals surface area contributed by atoms with Crippen LogP contribution in [0.1, 0.15) is 30.4 Å². The molecule has 0 radical (unpaired) electrons. The van der Waals surface area contributed by atoms with Gasteiger partial charge in [0.25, 0.3) is 0 Å². The van der Waals surface area contributed by atoms with Crippen molar-refractivity contribution in [3.05, 3.63) is 65.7 Å². The van der Waals surface area contributed by atoms with Crippen LogP contribution in [0.2, 0.25) is 0 Å². The van der Waals surface area contributed by atoms with Gasteiger partial charge in [-0.2, -0.15) is 0 Å². The number of para-hydroxylation sites is 1. The molecule has 0 unspecified atom stereocenters. The Bertz CT molecular complexity index is 732. The van der Waals surface area contributed by atoms with Crippen molar-refractivity contribution in [1.82, 2.24) is 15.5 Å². The van der Waals surface area contributed by atoms with E-state index in [2.05, 4.69) is 39.8 Å². The van der Waals surface area contributed by atoms with Gasteiger partial charge in [-0.05, 0) is 75.1 Å². The molecular formula is C24H34ClN3O2. The summed E-state index contributed by atoms with van der Waals surface area (Å²) in [6.45, 7) is 4.75. The van der Waals surface area contributed by atoms with Crippen LogP contribution < -0.4 is 15.4 Å². The number of nitrogens with zero attached hydrogens (tertiary/aromatic N) is 1. The van der Waals surface area contributed by atoms with E-state index in [4.69, 9.17) is 4.74 Å². The maximum absolute atomic E-state index is 12.3. The van der Waals surface area contributed by atoms with Gasteiger partial charge in [0.05, 0.1) is 6.54 Å². The van der Waals surface area contributed by atoms with Crippen molar-refractivity contribution < 1.29 is 9.53 Å². The first kappa shape index (κ1) is 24.2. The first-order chi connectivity index (χ1) is 14.2. The molecule has 164 valence electrons. The number of carbonyl (C=O) groups excluding carboxylic acids is 1. The highest BCUT2D eigenvalue weighted by molar-refractivity contribution is 5.85. The van der Waals surface area contributed by atoms with Crippen LogP contribution in [0, 0.1) is 5.92 Å². The summed E-state index contributed by atoms with van der Waals surface area (Å²) in [5, 5.41) is 6.27. The second-order valence-corrected chi connectivity index (χ2v) is 7.81. The number of ether oxygens (including phenoxy) is 1. The molecule has 6 heteroatoms. The first-order valence-electron chi connectivity index (χ1n) is 10.6. The summed E-state index contributed by atoms with van der Waals surface area (Å²) in [4.78, 5) is 14.6. The van der Waals surface area contributed by atoms with Crippen LogP contribution in [-0.4, -0.2) is 44.0 Å². The molecule has 2 N–H and O–H groups in total. The third-order valence-electron chi connectivity index (χ3n) is 5.54. The number of rotatable bonds is 10. The molecule has 1 aliphatic heterocycles. The lowest BCUT2D eigenvalue weighted by Gasteiger charge is -2.31. The highest BCUT2D eigenvalue weighted by Gasteiger charge is 2.20. The van der Waals surface area contributed by atoms with Gasteiger partial charge in [0.1, 0.15) is 12.4 Å². The molecule has 0 saturated carbocycles. The Morgan fingerprint density at radius 1 is 1.03 bits per heavy atom. The fourth-order valence-corrected chi connectivity index (χ4v) is 3.68. The number of hydrogen-bond acceptors (Lipinski definition) is 4. The Balaban J connectivity index is 0.00000320. The molecule has 3 rings (SSSR count). The first-order valence-corrected chi connectivity index (χ1v) is 10.6. The van der Waals surface area contributed by atoms with Crippen LogP contribution in [0.15, 0.2) is 54.6 Å². The van der Waals surface area contributed by atoms with Gasteiger partial charge in [-0.25, -0.2) is 0 Å². The van der Waals surface area contributed by atoms with E-state index in [0.29, 0.717) is 19.7 Å². The molecule has 0 atom stereocenters. The lowest BCUT2D eigenvalue weighted by atomic mass is 9.93. The molecule has 5 nitrogen and oxygen atoms in total. The smallest absolute Gasteiger partial charge is 0.234 e. The Morgan fingerprint density at radius 2 is 1.70 bits per heavy atom. The van der Waals surface area contributed by atoms with E-state index >= 15 is 0 Å². The zero-order valence-electron chi connectivity index (χ0n) is 17.8. The van der Waals surface area contributed by atoms with Crippen molar-refractivity contribution in [3.63, 3.8) is 0 Å². The second-order valence-electron chi connectivity index (χ2n) is 7.81. The molecule has 2 aromatic carbocycles. The topological polar surface area (TPSA) is 53.6 Å². The van der Waals surface area contributed by atoms with E-state index in [9.17, 15) is 4.79 Å². The molecule has 0 spiro atoms. The monoisotopic (exact) mass is 431 g/mol. The Morgan fingerprint density at radius 3 is 2.37 bits per heavy atom. The highest BCUT2D eigenvalue weighted by atomic mass is 35.5.